The molecule has 2 aromatic heterocycles. The summed E-state index contributed by atoms with van der Waals surface area (Å²) in [4.78, 5) is 6.06. The SMILES string of the molecule is C[C@@H]1CN([C@H]2COc3cc(F)ccc3[C@@H]2Nc2cccn3cc(C(F)(F)F)nc23)CCO1. The molecule has 5 rings (SSSR count). The fourth-order valence-corrected chi connectivity index (χ4v) is 4.44. The molecule has 10 heteroatoms. The number of rotatable bonds is 3. The number of ether oxygens (including phenoxy) is 2. The van der Waals surface area contributed by atoms with Crippen LogP contribution in [0.5, 0.6) is 5.75 Å². The first-order valence-electron chi connectivity index (χ1n) is 10.4. The molecule has 0 unspecified atom stereocenters. The molecule has 1 fully saturated rings. The molecular formula is C22H22F4N4O2. The molecular weight excluding hydrogens is 428 g/mol. The van der Waals surface area contributed by atoms with E-state index in [9.17, 15) is 17.6 Å². The lowest BCUT2D eigenvalue weighted by molar-refractivity contribution is -0.140. The van der Waals surface area contributed by atoms with Crippen LogP contribution in [0.15, 0.2) is 42.7 Å². The predicted octanol–water partition coefficient (Wildman–Crippen LogP) is 4.13. The zero-order chi connectivity index (χ0) is 22.5. The van der Waals surface area contributed by atoms with Crippen molar-refractivity contribution in [2.45, 2.75) is 31.3 Å². The highest BCUT2D eigenvalue weighted by Crippen LogP contribution is 2.38. The monoisotopic (exact) mass is 450 g/mol. The highest BCUT2D eigenvalue weighted by atomic mass is 19.4. The Balaban J connectivity index is 1.55. The number of alkyl halides is 3. The van der Waals surface area contributed by atoms with Gasteiger partial charge in [-0.3, -0.25) is 4.90 Å². The minimum Gasteiger partial charge on any atom is -0.491 e. The topological polar surface area (TPSA) is 51.0 Å². The van der Waals surface area contributed by atoms with E-state index in [-0.39, 0.29) is 23.8 Å². The first-order chi connectivity index (χ1) is 15.3. The molecule has 0 aliphatic carbocycles. The number of fused-ring (bicyclic) bond motifs is 2. The highest BCUT2D eigenvalue weighted by molar-refractivity contribution is 5.69. The van der Waals surface area contributed by atoms with Crippen LogP contribution in [0.2, 0.25) is 0 Å². The van der Waals surface area contributed by atoms with Crippen molar-refractivity contribution in [2.75, 3.05) is 31.6 Å². The van der Waals surface area contributed by atoms with Gasteiger partial charge < -0.3 is 19.2 Å². The summed E-state index contributed by atoms with van der Waals surface area (Å²) < 4.78 is 66.4. The summed E-state index contributed by atoms with van der Waals surface area (Å²) in [5.74, 6) is 0.0115. The van der Waals surface area contributed by atoms with E-state index in [4.69, 9.17) is 9.47 Å². The number of morpholine rings is 1. The summed E-state index contributed by atoms with van der Waals surface area (Å²) in [6, 6.07) is 7.23. The smallest absolute Gasteiger partial charge is 0.434 e. The van der Waals surface area contributed by atoms with E-state index in [1.807, 2.05) is 6.92 Å². The minimum atomic E-state index is -4.54. The van der Waals surface area contributed by atoms with Gasteiger partial charge in [0, 0.05) is 37.1 Å². The van der Waals surface area contributed by atoms with Crippen LogP contribution in [0.1, 0.15) is 24.2 Å². The summed E-state index contributed by atoms with van der Waals surface area (Å²) in [5.41, 5.74) is 0.409. The van der Waals surface area contributed by atoms with E-state index in [1.54, 1.807) is 18.2 Å². The van der Waals surface area contributed by atoms with Crippen LogP contribution in [-0.2, 0) is 10.9 Å². The number of halogens is 4. The Bertz CT molecular complexity index is 1130. The fraction of sp³-hybridized carbons (Fsp3) is 0.409. The first kappa shape index (κ1) is 21.0. The Hall–Kier alpha value is -2.85. The van der Waals surface area contributed by atoms with Crippen molar-refractivity contribution in [3.05, 3.63) is 59.8 Å². The van der Waals surface area contributed by atoms with Crippen LogP contribution in [0.3, 0.4) is 0 Å². The Morgan fingerprint density at radius 2 is 2.06 bits per heavy atom. The lowest BCUT2D eigenvalue weighted by atomic mass is 9.94. The zero-order valence-corrected chi connectivity index (χ0v) is 17.3. The van der Waals surface area contributed by atoms with Crippen molar-refractivity contribution < 1.29 is 27.0 Å². The summed E-state index contributed by atoms with van der Waals surface area (Å²) >= 11 is 0. The van der Waals surface area contributed by atoms with Gasteiger partial charge in [-0.25, -0.2) is 9.37 Å². The van der Waals surface area contributed by atoms with Crippen LogP contribution < -0.4 is 10.1 Å². The fourth-order valence-electron chi connectivity index (χ4n) is 4.44. The number of pyridine rings is 1. The lowest BCUT2D eigenvalue weighted by Gasteiger charge is -2.43. The third kappa shape index (κ3) is 3.88. The Morgan fingerprint density at radius 3 is 2.84 bits per heavy atom. The van der Waals surface area contributed by atoms with Gasteiger partial charge in [0.15, 0.2) is 11.3 Å². The Kier molecular flexibility index (Phi) is 5.21. The number of anilines is 1. The number of nitrogens with one attached hydrogen (secondary N) is 1. The van der Waals surface area contributed by atoms with Crippen molar-refractivity contribution >= 4 is 11.3 Å². The second-order valence-electron chi connectivity index (χ2n) is 8.14. The molecule has 2 aliphatic rings. The normalized spacial score (nSPS) is 24.2. The van der Waals surface area contributed by atoms with E-state index < -0.39 is 17.7 Å². The molecule has 170 valence electrons. The van der Waals surface area contributed by atoms with Crippen LogP contribution >= 0.6 is 0 Å². The van der Waals surface area contributed by atoms with E-state index in [0.29, 0.717) is 37.7 Å². The number of hydrogen-bond acceptors (Lipinski definition) is 5. The van der Waals surface area contributed by atoms with Crippen molar-refractivity contribution in [2.24, 2.45) is 0 Å². The molecule has 3 atom stereocenters. The van der Waals surface area contributed by atoms with Gasteiger partial charge >= 0.3 is 6.18 Å². The second-order valence-corrected chi connectivity index (χ2v) is 8.14. The van der Waals surface area contributed by atoms with Gasteiger partial charge in [-0.1, -0.05) is 6.07 Å². The maximum absolute atomic E-state index is 13.8. The number of imidazole rings is 1. The van der Waals surface area contributed by atoms with Crippen LogP contribution in [-0.4, -0.2) is 52.7 Å². The van der Waals surface area contributed by atoms with Gasteiger partial charge in [0.2, 0.25) is 0 Å². The third-order valence-electron chi connectivity index (χ3n) is 5.93. The van der Waals surface area contributed by atoms with Crippen molar-refractivity contribution in [1.29, 1.82) is 0 Å². The van der Waals surface area contributed by atoms with E-state index in [1.165, 1.54) is 22.7 Å². The van der Waals surface area contributed by atoms with Crippen LogP contribution in [0.25, 0.3) is 5.65 Å². The average molecular weight is 450 g/mol. The van der Waals surface area contributed by atoms with Gasteiger partial charge in [-0.2, -0.15) is 13.2 Å². The number of nitrogens with zero attached hydrogens (tertiary/aromatic N) is 3. The second kappa shape index (κ2) is 7.93. The molecule has 0 amide bonds. The van der Waals surface area contributed by atoms with Crippen molar-refractivity contribution in [3.8, 4) is 5.75 Å². The van der Waals surface area contributed by atoms with Gasteiger partial charge in [0.05, 0.1) is 30.5 Å². The quantitative estimate of drug-likeness (QED) is 0.609. The molecule has 0 bridgehead atoms. The molecule has 32 heavy (non-hydrogen) atoms. The average Bonchev–Trinajstić information content (AvgIpc) is 3.20. The molecule has 2 aliphatic heterocycles. The Morgan fingerprint density at radius 1 is 1.22 bits per heavy atom. The largest absolute Gasteiger partial charge is 0.491 e. The van der Waals surface area contributed by atoms with Crippen LogP contribution in [0.4, 0.5) is 23.2 Å². The maximum atomic E-state index is 13.8. The number of aromatic nitrogens is 2. The molecule has 0 saturated carbocycles. The zero-order valence-electron chi connectivity index (χ0n) is 17.3. The third-order valence-corrected chi connectivity index (χ3v) is 5.93. The lowest BCUT2D eigenvalue weighted by Crippen LogP contribution is -2.54. The molecule has 1 saturated heterocycles. The highest BCUT2D eigenvalue weighted by Gasteiger charge is 2.38. The van der Waals surface area contributed by atoms with Crippen LogP contribution in [0, 0.1) is 5.82 Å². The van der Waals surface area contributed by atoms with Gasteiger partial charge in [0.25, 0.3) is 0 Å². The number of benzene rings is 1. The first-order valence-corrected chi connectivity index (χ1v) is 10.4. The summed E-state index contributed by atoms with van der Waals surface area (Å²) in [7, 11) is 0. The van der Waals surface area contributed by atoms with Gasteiger partial charge in [-0.05, 0) is 25.1 Å². The van der Waals surface area contributed by atoms with E-state index >= 15 is 0 Å². The summed E-state index contributed by atoms with van der Waals surface area (Å²) in [6.07, 6.45) is -2.01. The summed E-state index contributed by atoms with van der Waals surface area (Å²) in [6.45, 7) is 4.26. The molecule has 0 spiro atoms. The van der Waals surface area contributed by atoms with E-state index in [0.717, 1.165) is 11.8 Å². The van der Waals surface area contributed by atoms with Gasteiger partial charge in [-0.15, -0.1) is 0 Å². The maximum Gasteiger partial charge on any atom is 0.434 e. The standard InChI is InChI=1S/C22H22F4N4O2/c1-13-10-29(7-8-31-13)17-12-32-18-9-14(23)4-5-15(18)20(17)27-16-3-2-6-30-11-19(22(24,25)26)28-21(16)30/h2-6,9,11,13,17,20,27H,7-8,10,12H2,1H3/t13-,17+,20+/m1/s1. The minimum absolute atomic E-state index is 0.0455. The molecule has 6 nitrogen and oxygen atoms in total. The van der Waals surface area contributed by atoms with E-state index in [2.05, 4.69) is 15.2 Å². The van der Waals surface area contributed by atoms with Gasteiger partial charge in [0.1, 0.15) is 18.2 Å². The predicted molar refractivity (Wildman–Crippen MR) is 109 cm³/mol. The molecule has 4 heterocycles. The van der Waals surface area contributed by atoms with Crippen molar-refractivity contribution in [1.82, 2.24) is 14.3 Å². The molecule has 1 N–H and O–H groups in total. The molecule has 1 aromatic carbocycles. The number of hydrogen-bond donors (Lipinski definition) is 1. The molecule has 0 radical (unpaired) electrons. The van der Waals surface area contributed by atoms with Crippen molar-refractivity contribution in [3.63, 3.8) is 0 Å². The summed E-state index contributed by atoms with van der Waals surface area (Å²) in [5, 5.41) is 3.39. The Labute approximate surface area is 181 Å². The molecule has 3 aromatic rings.